The van der Waals surface area contributed by atoms with E-state index in [-0.39, 0.29) is 17.3 Å². The van der Waals surface area contributed by atoms with E-state index >= 15 is 0 Å². The molecule has 1 aliphatic rings. The number of nitrogens with one attached hydrogen (secondary N) is 2. The third-order valence-corrected chi connectivity index (χ3v) is 3.73. The van der Waals surface area contributed by atoms with Crippen molar-refractivity contribution >= 4 is 33.6 Å². The largest absolute Gasteiger partial charge is 0.478 e. The van der Waals surface area contributed by atoms with Crippen LogP contribution in [0.15, 0.2) is 22.7 Å². The minimum Gasteiger partial charge on any atom is -0.478 e. The molecular formula is C14H17BrN2O3. The minimum atomic E-state index is -1.07. The normalized spacial score (nSPS) is 13.8. The van der Waals surface area contributed by atoms with E-state index in [1.165, 1.54) is 18.9 Å². The van der Waals surface area contributed by atoms with Gasteiger partial charge in [0, 0.05) is 11.0 Å². The molecule has 1 aromatic rings. The first kappa shape index (κ1) is 14.8. The van der Waals surface area contributed by atoms with Crippen LogP contribution in [0, 0.1) is 5.92 Å². The van der Waals surface area contributed by atoms with E-state index in [2.05, 4.69) is 26.6 Å². The number of halogens is 1. The predicted octanol–water partition coefficient (Wildman–Crippen LogP) is 3.46. The van der Waals surface area contributed by atoms with E-state index in [0.717, 1.165) is 18.8 Å². The molecule has 1 aliphatic carbocycles. The number of carboxylic acids is 1. The van der Waals surface area contributed by atoms with Crippen molar-refractivity contribution in [3.05, 3.63) is 28.2 Å². The number of carboxylic acid groups (broad SMARTS) is 1. The Morgan fingerprint density at radius 3 is 2.75 bits per heavy atom. The Morgan fingerprint density at radius 2 is 2.10 bits per heavy atom. The van der Waals surface area contributed by atoms with Gasteiger partial charge >= 0.3 is 12.0 Å². The Balaban J connectivity index is 1.85. The number of hydrogen-bond donors (Lipinski definition) is 3. The average Bonchev–Trinajstić information content (AvgIpc) is 3.18. The van der Waals surface area contributed by atoms with Crippen molar-refractivity contribution in [1.82, 2.24) is 5.32 Å². The van der Waals surface area contributed by atoms with Gasteiger partial charge in [0.15, 0.2) is 0 Å². The van der Waals surface area contributed by atoms with E-state index in [0.29, 0.717) is 11.0 Å². The summed E-state index contributed by atoms with van der Waals surface area (Å²) < 4.78 is 0.714. The first-order valence-corrected chi connectivity index (χ1v) is 7.43. The first-order chi connectivity index (χ1) is 9.56. The monoisotopic (exact) mass is 340 g/mol. The molecule has 108 valence electrons. The lowest BCUT2D eigenvalue weighted by molar-refractivity contribution is 0.0698. The summed E-state index contributed by atoms with van der Waals surface area (Å²) in [4.78, 5) is 22.8. The smallest absolute Gasteiger partial charge is 0.337 e. The quantitative estimate of drug-likeness (QED) is 0.694. The molecule has 0 saturated heterocycles. The third-order valence-electron chi connectivity index (χ3n) is 3.23. The number of benzene rings is 1. The molecule has 2 amide bonds. The number of anilines is 1. The molecule has 0 aromatic heterocycles. The molecule has 1 fully saturated rings. The molecule has 0 unspecified atom stereocenters. The number of rotatable bonds is 6. The zero-order chi connectivity index (χ0) is 14.5. The zero-order valence-electron chi connectivity index (χ0n) is 11.0. The number of amides is 2. The summed E-state index contributed by atoms with van der Waals surface area (Å²) in [5.41, 5.74) is 0.355. The van der Waals surface area contributed by atoms with E-state index in [1.807, 2.05) is 0 Å². The van der Waals surface area contributed by atoms with Crippen LogP contribution in [0.2, 0.25) is 0 Å². The second-order valence-electron chi connectivity index (χ2n) is 4.96. The summed E-state index contributed by atoms with van der Waals surface area (Å²) in [5.74, 6) is -0.218. The number of carbonyl (C=O) groups excluding carboxylic acids is 1. The molecule has 0 bridgehead atoms. The summed E-state index contributed by atoms with van der Waals surface area (Å²) in [6.07, 6.45) is 4.73. The van der Waals surface area contributed by atoms with E-state index in [9.17, 15) is 9.59 Å². The lowest BCUT2D eigenvalue weighted by Crippen LogP contribution is -2.30. The molecule has 1 aromatic carbocycles. The molecule has 2 rings (SSSR count). The molecule has 5 nitrogen and oxygen atoms in total. The van der Waals surface area contributed by atoms with E-state index in [4.69, 9.17) is 5.11 Å². The second kappa shape index (κ2) is 6.74. The fourth-order valence-electron chi connectivity index (χ4n) is 1.97. The van der Waals surface area contributed by atoms with Gasteiger partial charge in [-0.2, -0.15) is 0 Å². The molecule has 0 aliphatic heterocycles. The fraction of sp³-hybridized carbons (Fsp3) is 0.429. The maximum atomic E-state index is 11.7. The fourth-order valence-corrected chi connectivity index (χ4v) is 2.33. The molecule has 0 heterocycles. The van der Waals surface area contributed by atoms with Gasteiger partial charge in [-0.05, 0) is 37.0 Å². The van der Waals surface area contributed by atoms with Crippen LogP contribution in [-0.2, 0) is 0 Å². The molecule has 0 spiro atoms. The standard InChI is InChI=1S/C14H17BrN2O3/c15-10-5-6-11(13(18)19)12(8-10)17-14(20)16-7-1-2-9-3-4-9/h5-6,8-9H,1-4,7H2,(H,18,19)(H2,16,17,20). The average molecular weight is 341 g/mol. The van der Waals surface area contributed by atoms with Gasteiger partial charge < -0.3 is 15.7 Å². The highest BCUT2D eigenvalue weighted by molar-refractivity contribution is 9.10. The Kier molecular flexibility index (Phi) is 5.00. The van der Waals surface area contributed by atoms with Gasteiger partial charge in [0.25, 0.3) is 0 Å². The molecule has 3 N–H and O–H groups in total. The van der Waals surface area contributed by atoms with Gasteiger partial charge in [0.2, 0.25) is 0 Å². The van der Waals surface area contributed by atoms with Gasteiger partial charge in [0.1, 0.15) is 0 Å². The van der Waals surface area contributed by atoms with Crippen molar-refractivity contribution in [3.63, 3.8) is 0 Å². The maximum Gasteiger partial charge on any atom is 0.337 e. The Labute approximate surface area is 125 Å². The lowest BCUT2D eigenvalue weighted by atomic mass is 10.2. The van der Waals surface area contributed by atoms with Gasteiger partial charge in [-0.1, -0.05) is 28.8 Å². The minimum absolute atomic E-state index is 0.0707. The summed E-state index contributed by atoms with van der Waals surface area (Å²) in [7, 11) is 0. The number of carbonyl (C=O) groups is 2. The van der Waals surface area contributed by atoms with Crippen molar-refractivity contribution < 1.29 is 14.7 Å². The Morgan fingerprint density at radius 1 is 1.35 bits per heavy atom. The maximum absolute atomic E-state index is 11.7. The molecular weight excluding hydrogens is 324 g/mol. The Bertz CT molecular complexity index is 515. The van der Waals surface area contributed by atoms with Crippen LogP contribution in [0.5, 0.6) is 0 Å². The molecule has 1 saturated carbocycles. The number of aromatic carboxylic acids is 1. The summed E-state index contributed by atoms with van der Waals surface area (Å²) in [6, 6.07) is 4.28. The van der Waals surface area contributed by atoms with Crippen LogP contribution in [0.4, 0.5) is 10.5 Å². The van der Waals surface area contributed by atoms with Crippen LogP contribution >= 0.6 is 15.9 Å². The van der Waals surface area contributed by atoms with Crippen molar-refractivity contribution in [2.45, 2.75) is 25.7 Å². The summed E-state index contributed by atoms with van der Waals surface area (Å²) in [6.45, 7) is 0.610. The van der Waals surface area contributed by atoms with Crippen molar-refractivity contribution in [2.24, 2.45) is 5.92 Å². The Hall–Kier alpha value is -1.56. The molecule has 0 atom stereocenters. The number of hydrogen-bond acceptors (Lipinski definition) is 2. The van der Waals surface area contributed by atoms with Crippen molar-refractivity contribution in [2.75, 3.05) is 11.9 Å². The third kappa shape index (κ3) is 4.52. The van der Waals surface area contributed by atoms with E-state index in [1.54, 1.807) is 12.1 Å². The molecule has 20 heavy (non-hydrogen) atoms. The highest BCUT2D eigenvalue weighted by Crippen LogP contribution is 2.33. The van der Waals surface area contributed by atoms with Gasteiger partial charge in [-0.25, -0.2) is 9.59 Å². The summed E-state index contributed by atoms with van der Waals surface area (Å²) in [5, 5.41) is 14.4. The summed E-state index contributed by atoms with van der Waals surface area (Å²) >= 11 is 3.26. The SMILES string of the molecule is O=C(NCCCC1CC1)Nc1cc(Br)ccc1C(=O)O. The van der Waals surface area contributed by atoms with Crippen LogP contribution in [0.1, 0.15) is 36.0 Å². The first-order valence-electron chi connectivity index (χ1n) is 6.64. The van der Waals surface area contributed by atoms with Crippen LogP contribution < -0.4 is 10.6 Å². The topological polar surface area (TPSA) is 78.4 Å². The second-order valence-corrected chi connectivity index (χ2v) is 5.88. The van der Waals surface area contributed by atoms with Gasteiger partial charge in [-0.15, -0.1) is 0 Å². The van der Waals surface area contributed by atoms with Gasteiger partial charge in [0.05, 0.1) is 11.3 Å². The predicted molar refractivity (Wildman–Crippen MR) is 80.1 cm³/mol. The van der Waals surface area contributed by atoms with Crippen molar-refractivity contribution in [3.8, 4) is 0 Å². The highest BCUT2D eigenvalue weighted by atomic mass is 79.9. The van der Waals surface area contributed by atoms with Gasteiger partial charge in [-0.3, -0.25) is 0 Å². The highest BCUT2D eigenvalue weighted by Gasteiger charge is 2.20. The number of urea groups is 1. The van der Waals surface area contributed by atoms with Crippen LogP contribution in [0.3, 0.4) is 0 Å². The zero-order valence-corrected chi connectivity index (χ0v) is 12.6. The molecule has 6 heteroatoms. The van der Waals surface area contributed by atoms with Crippen LogP contribution in [0.25, 0.3) is 0 Å². The molecule has 0 radical (unpaired) electrons. The van der Waals surface area contributed by atoms with Crippen molar-refractivity contribution in [1.29, 1.82) is 0 Å². The lowest BCUT2D eigenvalue weighted by Gasteiger charge is -2.10. The van der Waals surface area contributed by atoms with E-state index < -0.39 is 5.97 Å². The van der Waals surface area contributed by atoms with Crippen LogP contribution in [-0.4, -0.2) is 23.7 Å².